The smallest absolute Gasteiger partial charge is 0.0734 e. The van der Waals surface area contributed by atoms with Crippen LogP contribution in [0.15, 0.2) is 261 Å². The molecule has 1 nitrogen and oxygen atoms in total. The van der Waals surface area contributed by atoms with Gasteiger partial charge in [-0.1, -0.05) is 231 Å². The van der Waals surface area contributed by atoms with Crippen molar-refractivity contribution in [3.05, 3.63) is 305 Å². The van der Waals surface area contributed by atoms with Crippen LogP contribution in [0.5, 0.6) is 0 Å². The average molecular weight is 826 g/mol. The van der Waals surface area contributed by atoms with Gasteiger partial charge in [0.15, 0.2) is 0 Å². The van der Waals surface area contributed by atoms with E-state index in [-0.39, 0.29) is 0 Å². The number of rotatable bonds is 7. The molecule has 0 amide bonds. The van der Waals surface area contributed by atoms with Crippen molar-refractivity contribution < 1.29 is 0 Å². The van der Waals surface area contributed by atoms with Gasteiger partial charge in [-0.3, -0.25) is 0 Å². The molecule has 0 heterocycles. The number of benzene rings is 11. The molecule has 0 aliphatic heterocycles. The van der Waals surface area contributed by atoms with E-state index in [1.165, 1.54) is 88.3 Å². The van der Waals surface area contributed by atoms with Gasteiger partial charge in [-0.15, -0.1) is 0 Å². The monoisotopic (exact) mass is 825 g/mol. The molecule has 0 bridgehead atoms. The third-order valence-corrected chi connectivity index (χ3v) is 14.4. The number of hydrogen-bond donors (Lipinski definition) is 0. The van der Waals surface area contributed by atoms with E-state index in [0.717, 1.165) is 17.1 Å². The first-order valence-electron chi connectivity index (χ1n) is 22.7. The molecular formula is C64H43N. The molecule has 0 N–H and O–H groups in total. The standard InChI is InChI=1S/C64H43N/c1-4-20-46(21-5-1)63(58-31-15-12-27-54(58)55-28-13-16-32-59(55)63)49-37-39-50(40-38-49)65(51-41-42-53-45(43-51)36-35-44-19-10-11-26-52(44)53)61-34-18-30-57-56-29-14-17-33-60(56)64(62(57)61,47-22-6-2-7-23-47)48-24-8-3-9-25-48/h1-43H. The van der Waals surface area contributed by atoms with Crippen LogP contribution < -0.4 is 4.90 Å². The fraction of sp³-hybridized carbons (Fsp3) is 0.0312. The van der Waals surface area contributed by atoms with Crippen molar-refractivity contribution in [2.24, 2.45) is 0 Å². The quantitative estimate of drug-likeness (QED) is 0.145. The Bertz CT molecular complexity index is 3510. The highest BCUT2D eigenvalue weighted by Gasteiger charge is 2.49. The van der Waals surface area contributed by atoms with E-state index in [2.05, 4.69) is 266 Å². The Morgan fingerprint density at radius 1 is 0.262 bits per heavy atom. The molecule has 304 valence electrons. The topological polar surface area (TPSA) is 3.24 Å². The zero-order valence-electron chi connectivity index (χ0n) is 35.8. The molecule has 0 fully saturated rings. The summed E-state index contributed by atoms with van der Waals surface area (Å²) in [5, 5.41) is 4.97. The van der Waals surface area contributed by atoms with E-state index in [1.807, 2.05) is 0 Å². The molecule has 0 atom stereocenters. The third-order valence-electron chi connectivity index (χ3n) is 14.4. The Balaban J connectivity index is 1.09. The Labute approximate surface area is 380 Å². The molecule has 0 spiro atoms. The van der Waals surface area contributed by atoms with Gasteiger partial charge in [0.05, 0.1) is 16.5 Å². The molecule has 0 radical (unpaired) electrons. The van der Waals surface area contributed by atoms with Crippen molar-refractivity contribution in [3.8, 4) is 22.3 Å². The average Bonchev–Trinajstić information content (AvgIpc) is 3.87. The molecule has 2 aliphatic rings. The van der Waals surface area contributed by atoms with Crippen molar-refractivity contribution in [1.29, 1.82) is 0 Å². The van der Waals surface area contributed by atoms with Crippen LogP contribution in [0.2, 0.25) is 0 Å². The summed E-state index contributed by atoms with van der Waals surface area (Å²) in [6, 6.07) is 97.1. The lowest BCUT2D eigenvalue weighted by atomic mass is 9.67. The van der Waals surface area contributed by atoms with Crippen molar-refractivity contribution >= 4 is 38.6 Å². The van der Waals surface area contributed by atoms with Crippen LogP contribution in [-0.2, 0) is 10.8 Å². The SMILES string of the molecule is c1ccc(C2(c3ccc(N(c4ccc5c(ccc6ccccc65)c4)c4cccc5c4C(c4ccccc4)(c4ccccc4)c4ccccc4-5)cc3)c3ccccc3-c3ccccc32)cc1. The molecule has 11 aromatic rings. The van der Waals surface area contributed by atoms with Crippen molar-refractivity contribution in [2.75, 3.05) is 4.90 Å². The Hall–Kier alpha value is -8.26. The second kappa shape index (κ2) is 14.7. The fourth-order valence-corrected chi connectivity index (χ4v) is 11.8. The molecule has 13 rings (SSSR count). The summed E-state index contributed by atoms with van der Waals surface area (Å²) in [6.45, 7) is 0. The number of fused-ring (bicyclic) bond motifs is 9. The van der Waals surface area contributed by atoms with Crippen LogP contribution in [0.25, 0.3) is 43.8 Å². The molecule has 0 unspecified atom stereocenters. The number of nitrogens with zero attached hydrogens (tertiary/aromatic N) is 1. The number of hydrogen-bond acceptors (Lipinski definition) is 1. The van der Waals surface area contributed by atoms with Crippen molar-refractivity contribution in [3.63, 3.8) is 0 Å². The predicted octanol–water partition coefficient (Wildman–Crippen LogP) is 16.2. The molecule has 0 aromatic heterocycles. The van der Waals surface area contributed by atoms with Crippen LogP contribution in [0.4, 0.5) is 17.1 Å². The molecular weight excluding hydrogens is 783 g/mol. The van der Waals surface area contributed by atoms with Gasteiger partial charge in [-0.2, -0.15) is 0 Å². The third kappa shape index (κ3) is 5.33. The van der Waals surface area contributed by atoms with Gasteiger partial charge >= 0.3 is 0 Å². The molecule has 1 heteroatoms. The highest BCUT2D eigenvalue weighted by atomic mass is 15.1. The maximum atomic E-state index is 2.52. The summed E-state index contributed by atoms with van der Waals surface area (Å²) in [7, 11) is 0. The largest absolute Gasteiger partial charge is 0.310 e. The van der Waals surface area contributed by atoms with E-state index < -0.39 is 10.8 Å². The molecule has 65 heavy (non-hydrogen) atoms. The lowest BCUT2D eigenvalue weighted by Crippen LogP contribution is -2.30. The maximum Gasteiger partial charge on any atom is 0.0734 e. The first kappa shape index (κ1) is 37.3. The van der Waals surface area contributed by atoms with Crippen LogP contribution in [0.3, 0.4) is 0 Å². The maximum absolute atomic E-state index is 2.52. The summed E-state index contributed by atoms with van der Waals surface area (Å²) in [5.41, 5.74) is 17.5. The van der Waals surface area contributed by atoms with Crippen LogP contribution in [-0.4, -0.2) is 0 Å². The summed E-state index contributed by atoms with van der Waals surface area (Å²) < 4.78 is 0. The van der Waals surface area contributed by atoms with Gasteiger partial charge in [0.25, 0.3) is 0 Å². The minimum atomic E-state index is -0.592. The lowest BCUT2D eigenvalue weighted by Gasteiger charge is -2.38. The first-order valence-corrected chi connectivity index (χ1v) is 22.7. The first-order chi connectivity index (χ1) is 32.3. The Morgan fingerprint density at radius 2 is 0.692 bits per heavy atom. The molecule has 2 aliphatic carbocycles. The summed E-state index contributed by atoms with van der Waals surface area (Å²) >= 11 is 0. The minimum Gasteiger partial charge on any atom is -0.310 e. The highest BCUT2D eigenvalue weighted by Crippen LogP contribution is 2.61. The minimum absolute atomic E-state index is 0.493. The summed E-state index contributed by atoms with van der Waals surface area (Å²) in [6.07, 6.45) is 0. The van der Waals surface area contributed by atoms with Crippen LogP contribution in [0.1, 0.15) is 44.5 Å². The van der Waals surface area contributed by atoms with Gasteiger partial charge < -0.3 is 4.90 Å². The second-order valence-corrected chi connectivity index (χ2v) is 17.5. The highest BCUT2D eigenvalue weighted by molar-refractivity contribution is 6.09. The normalized spacial score (nSPS) is 13.8. The van der Waals surface area contributed by atoms with E-state index in [4.69, 9.17) is 0 Å². The van der Waals surface area contributed by atoms with E-state index in [1.54, 1.807) is 0 Å². The predicted molar refractivity (Wildman–Crippen MR) is 271 cm³/mol. The van der Waals surface area contributed by atoms with Crippen LogP contribution in [0, 0.1) is 0 Å². The van der Waals surface area contributed by atoms with Gasteiger partial charge in [-0.25, -0.2) is 0 Å². The summed E-state index contributed by atoms with van der Waals surface area (Å²) in [5.74, 6) is 0. The van der Waals surface area contributed by atoms with Crippen molar-refractivity contribution in [1.82, 2.24) is 0 Å². The van der Waals surface area contributed by atoms with Gasteiger partial charge in [-0.05, 0) is 113 Å². The zero-order valence-corrected chi connectivity index (χ0v) is 35.8. The molecule has 0 saturated heterocycles. The molecule has 0 saturated carbocycles. The van der Waals surface area contributed by atoms with E-state index >= 15 is 0 Å². The molecule has 11 aromatic carbocycles. The zero-order chi connectivity index (χ0) is 43.0. The second-order valence-electron chi connectivity index (χ2n) is 17.5. The van der Waals surface area contributed by atoms with Gasteiger partial charge in [0.1, 0.15) is 0 Å². The van der Waals surface area contributed by atoms with E-state index in [9.17, 15) is 0 Å². The van der Waals surface area contributed by atoms with Crippen LogP contribution >= 0.6 is 0 Å². The van der Waals surface area contributed by atoms with E-state index in [0.29, 0.717) is 0 Å². The van der Waals surface area contributed by atoms with Gasteiger partial charge in [0.2, 0.25) is 0 Å². The van der Waals surface area contributed by atoms with Crippen molar-refractivity contribution in [2.45, 2.75) is 10.8 Å². The number of anilines is 3. The summed E-state index contributed by atoms with van der Waals surface area (Å²) in [4.78, 5) is 2.52. The lowest BCUT2D eigenvalue weighted by molar-refractivity contribution is 0.766. The Kier molecular flexibility index (Phi) is 8.41. The fourth-order valence-electron chi connectivity index (χ4n) is 11.8. The van der Waals surface area contributed by atoms with Gasteiger partial charge in [0, 0.05) is 16.9 Å². The Morgan fingerprint density at radius 3 is 1.31 bits per heavy atom.